The lowest BCUT2D eigenvalue weighted by Crippen LogP contribution is -1.81. The quantitative estimate of drug-likeness (QED) is 0.251. The highest BCUT2D eigenvalue weighted by molar-refractivity contribution is 5.46. The molecule has 0 spiro atoms. The van der Waals surface area contributed by atoms with Crippen LogP contribution in [0.5, 0.6) is 0 Å². The van der Waals surface area contributed by atoms with Crippen molar-refractivity contribution in [3.8, 4) is 0 Å². The highest BCUT2D eigenvalue weighted by Crippen LogP contribution is 0.882. The molecule has 0 aliphatic carbocycles. The number of nitrogens with one attached hydrogen (secondary N) is 2. The zero-order valence-electron chi connectivity index (χ0n) is 3.31. The summed E-state index contributed by atoms with van der Waals surface area (Å²) in [6.07, 6.45) is 1.50. The van der Waals surface area contributed by atoms with Crippen molar-refractivity contribution in [2.45, 2.75) is 7.43 Å². The highest BCUT2D eigenvalue weighted by atomic mass is 14.6. The van der Waals surface area contributed by atoms with Crippen LogP contribution < -0.4 is 11.5 Å². The van der Waals surface area contributed by atoms with Crippen molar-refractivity contribution in [3.63, 3.8) is 0 Å². The Balaban J connectivity index is -0.0000000400. The molecule has 0 aliphatic heterocycles. The molecule has 0 amide bonds. The average molecular weight is 104 g/mol. The molecule has 0 unspecified atom stereocenters. The van der Waals surface area contributed by atoms with Gasteiger partial charge in [-0.3, -0.25) is 10.8 Å². The van der Waals surface area contributed by atoms with Gasteiger partial charge in [0.1, 0.15) is 0 Å². The molecule has 0 saturated carbocycles. The van der Waals surface area contributed by atoms with E-state index in [2.05, 4.69) is 11.5 Å². The largest absolute Gasteiger partial charge is 0.390 e. The molecule has 0 aromatic rings. The van der Waals surface area contributed by atoms with Crippen LogP contribution in [-0.4, -0.2) is 12.7 Å². The van der Waals surface area contributed by atoms with Crippen molar-refractivity contribution in [3.05, 3.63) is 0 Å². The molecule has 6 N–H and O–H groups in total. The fraction of sp³-hybridized carbons (Fsp3) is 0.333. The fourth-order valence-electron chi connectivity index (χ4n) is 0. The molecule has 0 radical (unpaired) electrons. The summed E-state index contributed by atoms with van der Waals surface area (Å²) in [4.78, 5) is 0. The fourth-order valence-corrected chi connectivity index (χ4v) is 0. The van der Waals surface area contributed by atoms with E-state index in [0.29, 0.717) is 0 Å². The second-order valence-corrected chi connectivity index (χ2v) is 0.333. The van der Waals surface area contributed by atoms with Crippen LogP contribution in [0.2, 0.25) is 0 Å². The van der Waals surface area contributed by atoms with E-state index in [-0.39, 0.29) is 7.43 Å². The molecule has 7 heavy (non-hydrogen) atoms. The predicted octanol–water partition coefficient (Wildman–Crippen LogP) is -0.260. The lowest BCUT2D eigenvalue weighted by Gasteiger charge is -1.39. The Labute approximate surface area is 43.5 Å². The Morgan fingerprint density at radius 1 is 1.00 bits per heavy atom. The van der Waals surface area contributed by atoms with Crippen LogP contribution in [0.4, 0.5) is 0 Å². The van der Waals surface area contributed by atoms with Crippen molar-refractivity contribution in [2.75, 3.05) is 0 Å². The molecule has 0 aromatic heterocycles. The summed E-state index contributed by atoms with van der Waals surface area (Å²) in [7, 11) is 0. The summed E-state index contributed by atoms with van der Waals surface area (Å²) in [5, 5.41) is 11.7. The maximum Gasteiger partial charge on any atom is 0.0765 e. The van der Waals surface area contributed by atoms with Crippen LogP contribution in [0.1, 0.15) is 7.43 Å². The normalized spacial score (nSPS) is 3.43. The van der Waals surface area contributed by atoms with Crippen molar-refractivity contribution >= 4 is 12.7 Å². The highest BCUT2D eigenvalue weighted by Gasteiger charge is 1.11. The maximum atomic E-state index is 5.86. The first kappa shape index (κ1) is 16.8. The van der Waals surface area contributed by atoms with Gasteiger partial charge in [0.2, 0.25) is 0 Å². The Hall–Kier alpha value is -1.06. The molecular formula is C3H12N4. The molecule has 0 heterocycles. The molecule has 0 aliphatic rings. The standard InChI is InChI=1S/2CH4N2.CH4/c2*2-1-3;/h2*1H,(H3,2,3);1H4. The molecule has 0 atom stereocenters. The monoisotopic (exact) mass is 104 g/mol. The van der Waals surface area contributed by atoms with Crippen LogP contribution in [0.15, 0.2) is 0 Å². The van der Waals surface area contributed by atoms with Gasteiger partial charge in [-0.05, 0) is 0 Å². The maximum absolute atomic E-state index is 5.86. The van der Waals surface area contributed by atoms with Gasteiger partial charge in [-0.25, -0.2) is 0 Å². The van der Waals surface area contributed by atoms with Crippen LogP contribution in [0.25, 0.3) is 0 Å². The summed E-state index contributed by atoms with van der Waals surface area (Å²) in [5.41, 5.74) is 8.78. The van der Waals surface area contributed by atoms with Gasteiger partial charge in [0, 0.05) is 0 Å². The van der Waals surface area contributed by atoms with Gasteiger partial charge in [-0.15, -0.1) is 0 Å². The van der Waals surface area contributed by atoms with E-state index in [1.807, 2.05) is 0 Å². The average Bonchev–Trinajstić information content (AvgIpc) is 1.39. The first-order valence-corrected chi connectivity index (χ1v) is 1.24. The third kappa shape index (κ3) is 38.0. The Kier molecular flexibility index (Phi) is 208. The Bertz CT molecular complexity index is 27.9. The van der Waals surface area contributed by atoms with Gasteiger partial charge in [0.15, 0.2) is 0 Å². The van der Waals surface area contributed by atoms with E-state index < -0.39 is 0 Å². The van der Waals surface area contributed by atoms with E-state index >= 15 is 0 Å². The van der Waals surface area contributed by atoms with E-state index in [9.17, 15) is 0 Å². The minimum Gasteiger partial charge on any atom is -0.390 e. The molecule has 4 heteroatoms. The molecule has 4 nitrogen and oxygen atoms in total. The smallest absolute Gasteiger partial charge is 0.0765 e. The SMILES string of the molecule is C.N=CN.N=CN. The summed E-state index contributed by atoms with van der Waals surface area (Å²) >= 11 is 0. The van der Waals surface area contributed by atoms with Gasteiger partial charge >= 0.3 is 0 Å². The zero-order valence-corrected chi connectivity index (χ0v) is 3.31. The first-order valence-electron chi connectivity index (χ1n) is 1.24. The second-order valence-electron chi connectivity index (χ2n) is 0.333. The van der Waals surface area contributed by atoms with Crippen molar-refractivity contribution in [2.24, 2.45) is 11.5 Å². The minimum atomic E-state index is 0. The van der Waals surface area contributed by atoms with Crippen molar-refractivity contribution < 1.29 is 0 Å². The second kappa shape index (κ2) is 86.8. The summed E-state index contributed by atoms with van der Waals surface area (Å²) < 4.78 is 0. The summed E-state index contributed by atoms with van der Waals surface area (Å²) in [6.45, 7) is 0. The number of rotatable bonds is 0. The number of hydrogen-bond donors (Lipinski definition) is 4. The first-order chi connectivity index (χ1) is 2.83. The minimum absolute atomic E-state index is 0. The Morgan fingerprint density at radius 3 is 1.00 bits per heavy atom. The van der Waals surface area contributed by atoms with E-state index in [4.69, 9.17) is 10.8 Å². The van der Waals surface area contributed by atoms with E-state index in [1.165, 1.54) is 0 Å². The van der Waals surface area contributed by atoms with Crippen LogP contribution in [0.3, 0.4) is 0 Å². The van der Waals surface area contributed by atoms with Crippen LogP contribution in [0, 0.1) is 10.8 Å². The third-order valence-corrected chi connectivity index (χ3v) is 0. The van der Waals surface area contributed by atoms with E-state index in [1.54, 1.807) is 0 Å². The molecule has 0 saturated heterocycles. The van der Waals surface area contributed by atoms with Gasteiger partial charge in [-0.2, -0.15) is 0 Å². The number of nitrogens with two attached hydrogens (primary N) is 2. The lowest BCUT2D eigenvalue weighted by molar-refractivity contribution is 1.52. The van der Waals surface area contributed by atoms with Gasteiger partial charge < -0.3 is 11.5 Å². The number of hydrogen-bond acceptors (Lipinski definition) is 2. The molecule has 0 bridgehead atoms. The molecular weight excluding hydrogens is 92.1 g/mol. The molecule has 44 valence electrons. The summed E-state index contributed by atoms with van der Waals surface area (Å²) in [6, 6.07) is 0. The Morgan fingerprint density at radius 2 is 1.00 bits per heavy atom. The van der Waals surface area contributed by atoms with Crippen molar-refractivity contribution in [1.29, 1.82) is 10.8 Å². The van der Waals surface area contributed by atoms with E-state index in [0.717, 1.165) is 12.7 Å². The predicted molar refractivity (Wildman–Crippen MR) is 32.7 cm³/mol. The molecule has 0 fully saturated rings. The molecule has 0 rings (SSSR count). The molecule has 0 aromatic carbocycles. The third-order valence-electron chi connectivity index (χ3n) is 0. The zero-order chi connectivity index (χ0) is 5.41. The topological polar surface area (TPSA) is 99.7 Å². The summed E-state index contributed by atoms with van der Waals surface area (Å²) in [5.74, 6) is 0. The van der Waals surface area contributed by atoms with Gasteiger partial charge in [0.05, 0.1) is 12.7 Å². The lowest BCUT2D eigenvalue weighted by atomic mass is 11.4. The van der Waals surface area contributed by atoms with Gasteiger partial charge in [0.25, 0.3) is 0 Å². The van der Waals surface area contributed by atoms with Gasteiger partial charge in [-0.1, -0.05) is 7.43 Å². The van der Waals surface area contributed by atoms with Crippen LogP contribution >= 0.6 is 0 Å². The van der Waals surface area contributed by atoms with Crippen molar-refractivity contribution in [1.82, 2.24) is 0 Å². The van der Waals surface area contributed by atoms with Crippen LogP contribution in [-0.2, 0) is 0 Å².